The minimum atomic E-state index is 0.277. The van der Waals surface area contributed by atoms with E-state index in [2.05, 4.69) is 38.7 Å². The molecule has 0 amide bonds. The number of nitrogens with zero attached hydrogens (tertiary/aromatic N) is 6. The molecule has 0 aromatic carbocycles. The molecule has 3 fully saturated rings. The summed E-state index contributed by atoms with van der Waals surface area (Å²) in [6.07, 6.45) is 4.81. The fourth-order valence-electron chi connectivity index (χ4n) is 4.43. The zero-order chi connectivity index (χ0) is 19.1. The van der Waals surface area contributed by atoms with Crippen molar-refractivity contribution >= 4 is 11.8 Å². The largest absolute Gasteiger partial charge is 0.355 e. The molecule has 0 radical (unpaired) electrons. The van der Waals surface area contributed by atoms with Gasteiger partial charge in [-0.3, -0.25) is 4.90 Å². The Morgan fingerprint density at radius 1 is 1.00 bits per heavy atom. The second-order valence-electron chi connectivity index (χ2n) is 7.79. The molecular formula is C20H32N6S. The van der Waals surface area contributed by atoms with Crippen LogP contribution in [-0.4, -0.2) is 89.6 Å². The van der Waals surface area contributed by atoms with E-state index >= 15 is 0 Å². The van der Waals surface area contributed by atoms with E-state index in [0.717, 1.165) is 63.8 Å². The molecule has 3 heterocycles. The van der Waals surface area contributed by atoms with Crippen LogP contribution in [0.3, 0.4) is 0 Å². The molecule has 3 aliphatic rings. The van der Waals surface area contributed by atoms with Crippen LogP contribution >= 0.6 is 11.8 Å². The molecule has 27 heavy (non-hydrogen) atoms. The van der Waals surface area contributed by atoms with Crippen LogP contribution in [0.4, 0.5) is 0 Å². The van der Waals surface area contributed by atoms with Crippen LogP contribution in [0.15, 0.2) is 11.4 Å². The van der Waals surface area contributed by atoms with E-state index in [4.69, 9.17) is 0 Å². The van der Waals surface area contributed by atoms with Crippen LogP contribution in [0.2, 0.25) is 0 Å². The summed E-state index contributed by atoms with van der Waals surface area (Å²) >= 11 is 2.00. The average Bonchev–Trinajstić information content (AvgIpc) is 3.41. The van der Waals surface area contributed by atoms with E-state index < -0.39 is 0 Å². The molecule has 3 rings (SSSR count). The van der Waals surface area contributed by atoms with Crippen molar-refractivity contribution in [2.45, 2.75) is 38.6 Å². The summed E-state index contributed by atoms with van der Waals surface area (Å²) in [5, 5.41) is 18.9. The van der Waals surface area contributed by atoms with Crippen LogP contribution < -0.4 is 0 Å². The predicted molar refractivity (Wildman–Crippen MR) is 110 cm³/mol. The maximum atomic E-state index is 9.45. The summed E-state index contributed by atoms with van der Waals surface area (Å²) in [7, 11) is 0. The zero-order valence-corrected chi connectivity index (χ0v) is 17.4. The van der Waals surface area contributed by atoms with Crippen LogP contribution in [0.5, 0.6) is 0 Å². The van der Waals surface area contributed by atoms with Crippen LogP contribution in [0.25, 0.3) is 0 Å². The minimum absolute atomic E-state index is 0.277. The zero-order valence-electron chi connectivity index (χ0n) is 16.6. The molecule has 7 heteroatoms. The van der Waals surface area contributed by atoms with Crippen molar-refractivity contribution in [1.29, 1.82) is 10.5 Å². The molecule has 3 aliphatic heterocycles. The van der Waals surface area contributed by atoms with Gasteiger partial charge < -0.3 is 14.7 Å². The van der Waals surface area contributed by atoms with Gasteiger partial charge in [0.2, 0.25) is 0 Å². The quantitative estimate of drug-likeness (QED) is 0.590. The summed E-state index contributed by atoms with van der Waals surface area (Å²) in [6, 6.07) is 4.97. The molecule has 148 valence electrons. The molecule has 0 saturated carbocycles. The Bertz CT molecular complexity index is 585. The monoisotopic (exact) mass is 388 g/mol. The lowest BCUT2D eigenvalue weighted by atomic mass is 10.2. The number of hydrogen-bond donors (Lipinski definition) is 0. The fraction of sp³-hybridized carbons (Fsp3) is 0.800. The topological polar surface area (TPSA) is 60.5 Å². The van der Waals surface area contributed by atoms with Gasteiger partial charge in [-0.1, -0.05) is 0 Å². The second kappa shape index (κ2) is 10.2. The van der Waals surface area contributed by atoms with Crippen molar-refractivity contribution in [1.82, 2.24) is 19.6 Å². The Morgan fingerprint density at radius 2 is 1.70 bits per heavy atom. The standard InChI is InChI=1S/C20H32N6S/c1-18-5-2-7-24(18)8-4-10-26-12-11-25(20(26)19(15-21)16-22)9-3-6-23-13-14-27-17-23/h18H,2-14,17H2,1H3. The normalized spacial score (nSPS) is 23.8. The van der Waals surface area contributed by atoms with Crippen molar-refractivity contribution in [3.63, 3.8) is 0 Å². The molecule has 6 nitrogen and oxygen atoms in total. The molecule has 0 bridgehead atoms. The molecule has 1 atom stereocenters. The summed E-state index contributed by atoms with van der Waals surface area (Å²) in [6.45, 7) is 10.7. The van der Waals surface area contributed by atoms with E-state index in [1.165, 1.54) is 31.7 Å². The number of rotatable bonds is 8. The predicted octanol–water partition coefficient (Wildman–Crippen LogP) is 2.13. The first-order chi connectivity index (χ1) is 13.2. The number of thioether (sulfide) groups is 1. The lowest BCUT2D eigenvalue weighted by Crippen LogP contribution is -2.32. The lowest BCUT2D eigenvalue weighted by Gasteiger charge is -2.27. The van der Waals surface area contributed by atoms with Gasteiger partial charge >= 0.3 is 0 Å². The van der Waals surface area contributed by atoms with Crippen LogP contribution in [0, 0.1) is 22.7 Å². The Kier molecular flexibility index (Phi) is 7.70. The Hall–Kier alpha value is -1.41. The first kappa shape index (κ1) is 20.3. The SMILES string of the molecule is CC1CCCN1CCCN1CCN(CCCN2CCSC2)C1=C(C#N)C#N. The molecule has 0 spiro atoms. The van der Waals surface area contributed by atoms with E-state index in [0.29, 0.717) is 6.04 Å². The van der Waals surface area contributed by atoms with Crippen molar-refractivity contribution in [3.8, 4) is 12.1 Å². The molecule has 0 aliphatic carbocycles. The highest BCUT2D eigenvalue weighted by Crippen LogP contribution is 2.24. The van der Waals surface area contributed by atoms with E-state index in [1.54, 1.807) is 0 Å². The molecule has 0 N–H and O–H groups in total. The number of nitriles is 2. The van der Waals surface area contributed by atoms with Gasteiger partial charge in [0.15, 0.2) is 5.57 Å². The molecule has 0 aromatic heterocycles. The van der Waals surface area contributed by atoms with Gasteiger partial charge in [0, 0.05) is 63.5 Å². The smallest absolute Gasteiger partial charge is 0.169 e. The van der Waals surface area contributed by atoms with Crippen LogP contribution in [-0.2, 0) is 0 Å². The first-order valence-corrected chi connectivity index (χ1v) is 11.5. The van der Waals surface area contributed by atoms with Crippen LogP contribution in [0.1, 0.15) is 32.6 Å². The highest BCUT2D eigenvalue weighted by atomic mass is 32.2. The number of likely N-dealkylation sites (tertiary alicyclic amines) is 1. The highest BCUT2D eigenvalue weighted by Gasteiger charge is 2.28. The van der Waals surface area contributed by atoms with Crippen molar-refractivity contribution in [2.24, 2.45) is 0 Å². The molecule has 0 aromatic rings. The molecule has 1 unspecified atom stereocenters. The van der Waals surface area contributed by atoms with Gasteiger partial charge in [-0.15, -0.1) is 11.8 Å². The third-order valence-corrected chi connectivity index (χ3v) is 7.00. The maximum absolute atomic E-state index is 9.45. The number of allylic oxidation sites excluding steroid dienone is 1. The average molecular weight is 389 g/mol. The van der Waals surface area contributed by atoms with Gasteiger partial charge in [-0.05, 0) is 39.2 Å². The minimum Gasteiger partial charge on any atom is -0.355 e. The summed E-state index contributed by atoms with van der Waals surface area (Å²) in [5.41, 5.74) is 0.277. The summed E-state index contributed by atoms with van der Waals surface area (Å²) < 4.78 is 0. The van der Waals surface area contributed by atoms with E-state index in [-0.39, 0.29) is 5.57 Å². The Balaban J connectivity index is 1.53. The van der Waals surface area contributed by atoms with E-state index in [9.17, 15) is 10.5 Å². The second-order valence-corrected chi connectivity index (χ2v) is 8.86. The van der Waals surface area contributed by atoms with Gasteiger partial charge in [-0.25, -0.2) is 0 Å². The van der Waals surface area contributed by atoms with Crippen molar-refractivity contribution in [2.75, 3.05) is 64.0 Å². The molecular weight excluding hydrogens is 356 g/mol. The van der Waals surface area contributed by atoms with Gasteiger partial charge in [0.05, 0.1) is 0 Å². The highest BCUT2D eigenvalue weighted by molar-refractivity contribution is 7.99. The number of hydrogen-bond acceptors (Lipinski definition) is 7. The Labute approximate surface area is 168 Å². The molecule has 3 saturated heterocycles. The van der Waals surface area contributed by atoms with Gasteiger partial charge in [0.25, 0.3) is 0 Å². The Morgan fingerprint density at radius 3 is 2.26 bits per heavy atom. The summed E-state index contributed by atoms with van der Waals surface area (Å²) in [4.78, 5) is 9.60. The lowest BCUT2D eigenvalue weighted by molar-refractivity contribution is 0.244. The first-order valence-electron chi connectivity index (χ1n) is 10.3. The summed E-state index contributed by atoms with van der Waals surface area (Å²) in [5.74, 6) is 3.27. The van der Waals surface area contributed by atoms with Crippen molar-refractivity contribution in [3.05, 3.63) is 11.4 Å². The third-order valence-electron chi connectivity index (χ3n) is 5.98. The van der Waals surface area contributed by atoms with Gasteiger partial charge in [-0.2, -0.15) is 10.5 Å². The third kappa shape index (κ3) is 5.31. The van der Waals surface area contributed by atoms with Gasteiger partial charge in [0.1, 0.15) is 18.0 Å². The van der Waals surface area contributed by atoms with Crippen molar-refractivity contribution < 1.29 is 0 Å². The van der Waals surface area contributed by atoms with E-state index in [1.807, 2.05) is 11.8 Å². The fourth-order valence-corrected chi connectivity index (χ4v) is 5.47. The maximum Gasteiger partial charge on any atom is 0.169 e.